The molecule has 0 bridgehead atoms. The SMILES string of the molecule is C#Cc1cc(C)cc(C)c1C1C(=O)CC(C(C)n2cc(-c3cccc(F)c3)nn2)CC1=O. The first-order valence-corrected chi connectivity index (χ1v) is 10.6. The molecule has 1 aliphatic rings. The van der Waals surface area contributed by atoms with Crippen LogP contribution in [-0.4, -0.2) is 26.6 Å². The molecule has 0 saturated heterocycles. The van der Waals surface area contributed by atoms with Gasteiger partial charge in [-0.1, -0.05) is 29.3 Å². The average molecular weight is 429 g/mol. The monoisotopic (exact) mass is 429 g/mol. The predicted molar refractivity (Wildman–Crippen MR) is 119 cm³/mol. The largest absolute Gasteiger partial charge is 0.299 e. The summed E-state index contributed by atoms with van der Waals surface area (Å²) >= 11 is 0. The van der Waals surface area contributed by atoms with Gasteiger partial charge in [-0.05, 0) is 61.6 Å². The minimum atomic E-state index is -0.816. The van der Waals surface area contributed by atoms with Gasteiger partial charge in [-0.15, -0.1) is 11.5 Å². The second-order valence-corrected chi connectivity index (χ2v) is 8.56. The van der Waals surface area contributed by atoms with E-state index in [9.17, 15) is 14.0 Å². The maximum absolute atomic E-state index is 13.5. The molecule has 1 aromatic heterocycles. The highest BCUT2D eigenvalue weighted by molar-refractivity contribution is 6.10. The van der Waals surface area contributed by atoms with E-state index in [0.717, 1.165) is 11.1 Å². The Kier molecular flexibility index (Phi) is 5.75. The van der Waals surface area contributed by atoms with Crippen LogP contribution in [0.3, 0.4) is 0 Å². The van der Waals surface area contributed by atoms with Crippen LogP contribution < -0.4 is 0 Å². The molecular formula is C26H24FN3O2. The van der Waals surface area contributed by atoms with Crippen molar-refractivity contribution in [2.24, 2.45) is 5.92 Å². The molecule has 0 spiro atoms. The Balaban J connectivity index is 1.57. The summed E-state index contributed by atoms with van der Waals surface area (Å²) in [4.78, 5) is 26.3. The second kappa shape index (κ2) is 8.51. The highest BCUT2D eigenvalue weighted by Gasteiger charge is 2.40. The van der Waals surface area contributed by atoms with Crippen molar-refractivity contribution in [3.63, 3.8) is 0 Å². The van der Waals surface area contributed by atoms with Crippen LogP contribution >= 0.6 is 0 Å². The van der Waals surface area contributed by atoms with Gasteiger partial charge >= 0.3 is 0 Å². The Labute approximate surface area is 186 Å². The average Bonchev–Trinajstić information content (AvgIpc) is 3.24. The van der Waals surface area contributed by atoms with Crippen LogP contribution in [0.4, 0.5) is 4.39 Å². The predicted octanol–water partition coefficient (Wildman–Crippen LogP) is 4.58. The molecule has 1 heterocycles. The smallest absolute Gasteiger partial charge is 0.148 e. The number of halogens is 1. The molecule has 1 unspecified atom stereocenters. The van der Waals surface area contributed by atoms with Gasteiger partial charge in [0.25, 0.3) is 0 Å². The van der Waals surface area contributed by atoms with Crippen molar-refractivity contribution in [1.29, 1.82) is 0 Å². The van der Waals surface area contributed by atoms with Crippen molar-refractivity contribution in [2.45, 2.75) is 45.6 Å². The van der Waals surface area contributed by atoms with Crippen molar-refractivity contribution >= 4 is 11.6 Å². The van der Waals surface area contributed by atoms with Crippen LogP contribution in [0.25, 0.3) is 11.3 Å². The number of ketones is 2. The molecular weight excluding hydrogens is 405 g/mol. The number of carbonyl (C=O) groups is 2. The van der Waals surface area contributed by atoms with Crippen LogP contribution in [0.5, 0.6) is 0 Å². The molecule has 3 aromatic rings. The molecule has 5 nitrogen and oxygen atoms in total. The number of nitrogens with zero attached hydrogens (tertiary/aromatic N) is 3. The molecule has 2 aromatic carbocycles. The molecule has 0 radical (unpaired) electrons. The normalized spacial score (nSPS) is 19.6. The van der Waals surface area contributed by atoms with Gasteiger partial charge < -0.3 is 0 Å². The van der Waals surface area contributed by atoms with E-state index in [4.69, 9.17) is 6.42 Å². The van der Waals surface area contributed by atoms with Gasteiger partial charge in [-0.3, -0.25) is 9.59 Å². The third kappa shape index (κ3) is 3.99. The number of aromatic nitrogens is 3. The topological polar surface area (TPSA) is 64.8 Å². The lowest BCUT2D eigenvalue weighted by atomic mass is 9.72. The number of rotatable bonds is 4. The molecule has 1 atom stereocenters. The van der Waals surface area contributed by atoms with E-state index in [-0.39, 0.29) is 42.2 Å². The fraction of sp³-hybridized carbons (Fsp3) is 0.308. The van der Waals surface area contributed by atoms with Crippen molar-refractivity contribution in [3.8, 4) is 23.6 Å². The summed E-state index contributed by atoms with van der Waals surface area (Å²) in [7, 11) is 0. The van der Waals surface area contributed by atoms with Crippen LogP contribution in [0.15, 0.2) is 42.6 Å². The summed E-state index contributed by atoms with van der Waals surface area (Å²) in [5, 5.41) is 8.31. The van der Waals surface area contributed by atoms with Crippen LogP contribution in [0, 0.1) is 37.9 Å². The molecule has 4 rings (SSSR count). The van der Waals surface area contributed by atoms with Crippen molar-refractivity contribution in [3.05, 3.63) is 70.7 Å². The summed E-state index contributed by atoms with van der Waals surface area (Å²) in [5.74, 6) is 1.04. The molecule has 1 fully saturated rings. The van der Waals surface area contributed by atoms with E-state index in [1.807, 2.05) is 32.9 Å². The lowest BCUT2D eigenvalue weighted by Gasteiger charge is -2.31. The minimum absolute atomic E-state index is 0.118. The zero-order valence-electron chi connectivity index (χ0n) is 18.3. The number of benzene rings is 2. The van der Waals surface area contributed by atoms with Crippen molar-refractivity contribution in [1.82, 2.24) is 15.0 Å². The molecule has 1 saturated carbocycles. The first-order valence-electron chi connectivity index (χ1n) is 10.6. The van der Waals surface area contributed by atoms with Gasteiger partial charge in [0.1, 0.15) is 29.0 Å². The zero-order valence-corrected chi connectivity index (χ0v) is 18.3. The van der Waals surface area contributed by atoms with Crippen LogP contribution in [0.2, 0.25) is 0 Å². The second-order valence-electron chi connectivity index (χ2n) is 8.56. The van der Waals surface area contributed by atoms with Gasteiger partial charge in [-0.25, -0.2) is 9.07 Å². The van der Waals surface area contributed by atoms with Gasteiger partial charge in [0.15, 0.2) is 0 Å². The Hall–Kier alpha value is -3.59. The number of Topliss-reactive ketones (excluding diaryl/α,β-unsaturated/α-hetero) is 2. The quantitative estimate of drug-likeness (QED) is 0.450. The van der Waals surface area contributed by atoms with Gasteiger partial charge in [-0.2, -0.15) is 0 Å². The van der Waals surface area contributed by atoms with Gasteiger partial charge in [0.05, 0.1) is 12.2 Å². The number of hydrogen-bond acceptors (Lipinski definition) is 4. The maximum Gasteiger partial charge on any atom is 0.148 e. The maximum atomic E-state index is 13.5. The van der Waals surface area contributed by atoms with E-state index in [1.165, 1.54) is 12.1 Å². The molecule has 0 aliphatic heterocycles. The Morgan fingerprint density at radius 3 is 2.53 bits per heavy atom. The number of aryl methyl sites for hydroxylation is 2. The molecule has 6 heteroatoms. The summed E-state index contributed by atoms with van der Waals surface area (Å²) in [5.41, 5.74) is 4.30. The summed E-state index contributed by atoms with van der Waals surface area (Å²) in [6, 6.07) is 9.72. The first kappa shape index (κ1) is 21.6. The fourth-order valence-corrected chi connectivity index (χ4v) is 4.62. The lowest BCUT2D eigenvalue weighted by Crippen LogP contribution is -2.35. The summed E-state index contributed by atoms with van der Waals surface area (Å²) in [6.07, 6.45) is 7.91. The highest BCUT2D eigenvalue weighted by Crippen LogP contribution is 2.38. The Morgan fingerprint density at radius 1 is 1.16 bits per heavy atom. The van der Waals surface area contributed by atoms with Crippen LogP contribution in [0.1, 0.15) is 54.0 Å². The van der Waals surface area contributed by atoms with E-state index >= 15 is 0 Å². The molecule has 162 valence electrons. The lowest BCUT2D eigenvalue weighted by molar-refractivity contribution is -0.134. The van der Waals surface area contributed by atoms with E-state index < -0.39 is 5.92 Å². The number of terminal acetylenes is 1. The number of hydrogen-bond donors (Lipinski definition) is 0. The number of carbonyl (C=O) groups excluding carboxylic acids is 2. The Bertz CT molecular complexity index is 1240. The van der Waals surface area contributed by atoms with E-state index in [0.29, 0.717) is 22.4 Å². The standard InChI is InChI=1S/C26H24FN3O2/c1-5-18-10-15(2)9-16(3)25(18)26-23(31)12-20(13-24(26)32)17(4)30-14-22(28-29-30)19-7-6-8-21(27)11-19/h1,6-11,14,17,20,26H,12-13H2,2-4H3. The van der Waals surface area contributed by atoms with Gasteiger partial charge in [0, 0.05) is 24.0 Å². The summed E-state index contributed by atoms with van der Waals surface area (Å²) in [6.45, 7) is 5.75. The highest BCUT2D eigenvalue weighted by atomic mass is 19.1. The van der Waals surface area contributed by atoms with Crippen molar-refractivity contribution < 1.29 is 14.0 Å². The zero-order chi connectivity index (χ0) is 23.0. The third-order valence-electron chi connectivity index (χ3n) is 6.28. The van der Waals surface area contributed by atoms with Crippen LogP contribution in [-0.2, 0) is 9.59 Å². The Morgan fingerprint density at radius 2 is 1.88 bits per heavy atom. The fourth-order valence-electron chi connectivity index (χ4n) is 4.62. The third-order valence-corrected chi connectivity index (χ3v) is 6.28. The summed E-state index contributed by atoms with van der Waals surface area (Å²) < 4.78 is 15.2. The molecule has 1 aliphatic carbocycles. The van der Waals surface area contributed by atoms with Gasteiger partial charge in [0.2, 0.25) is 0 Å². The first-order chi connectivity index (χ1) is 15.3. The van der Waals surface area contributed by atoms with Crippen molar-refractivity contribution in [2.75, 3.05) is 0 Å². The molecule has 0 amide bonds. The van der Waals surface area contributed by atoms with E-state index in [1.54, 1.807) is 23.0 Å². The molecule has 32 heavy (non-hydrogen) atoms. The minimum Gasteiger partial charge on any atom is -0.299 e. The molecule has 0 N–H and O–H groups in total. The van der Waals surface area contributed by atoms with E-state index in [2.05, 4.69) is 16.2 Å².